The Bertz CT molecular complexity index is 2160. The largest absolute Gasteiger partial charge is 0.489 e. The summed E-state index contributed by atoms with van der Waals surface area (Å²) in [7, 11) is 0. The number of carbonyl (C=O) groups is 4. The molecule has 11 nitrogen and oxygen atoms in total. The van der Waals surface area contributed by atoms with Crippen LogP contribution in [0.5, 0.6) is 5.75 Å². The van der Waals surface area contributed by atoms with Crippen molar-refractivity contribution in [2.24, 2.45) is 5.92 Å². The highest BCUT2D eigenvalue weighted by atomic mass is 16.6. The van der Waals surface area contributed by atoms with Crippen molar-refractivity contribution < 1.29 is 38.7 Å². The quantitative estimate of drug-likeness (QED) is 0.0347. The van der Waals surface area contributed by atoms with E-state index in [2.05, 4.69) is 0 Å². The zero-order chi connectivity index (χ0) is 39.7. The van der Waals surface area contributed by atoms with Crippen LogP contribution in [0, 0.1) is 16.0 Å². The molecule has 3 unspecified atom stereocenters. The van der Waals surface area contributed by atoms with Crippen molar-refractivity contribution in [3.63, 3.8) is 0 Å². The third kappa shape index (κ3) is 10.8. The molecule has 5 aromatic rings. The molecule has 5 aromatic carbocycles. The maximum atomic E-state index is 14.5. The molecule has 1 N–H and O–H groups in total. The van der Waals surface area contributed by atoms with Gasteiger partial charge < -0.3 is 19.5 Å². The second-order valence-electron chi connectivity index (χ2n) is 14.5. The molecule has 284 valence electrons. The molecule has 0 aliphatic rings. The highest BCUT2D eigenvalue weighted by Gasteiger charge is 2.41. The van der Waals surface area contributed by atoms with Gasteiger partial charge in [-0.15, -0.1) is 0 Å². The number of carbonyl (C=O) groups excluding carboxylic acids is 3. The number of carboxylic acid groups (broad SMARTS) is 1. The van der Waals surface area contributed by atoms with E-state index in [0.717, 1.165) is 21.9 Å². The molecule has 0 radical (unpaired) electrons. The molecule has 3 atom stereocenters. The van der Waals surface area contributed by atoms with Gasteiger partial charge in [0.15, 0.2) is 0 Å². The number of ether oxygens (including phenoxy) is 2. The zero-order valence-corrected chi connectivity index (χ0v) is 31.2. The number of fused-ring (bicyclic) bond motifs is 1. The van der Waals surface area contributed by atoms with Crippen LogP contribution in [0.4, 0.5) is 5.69 Å². The Hall–Kier alpha value is -6.36. The number of carboxylic acids is 1. The van der Waals surface area contributed by atoms with Crippen LogP contribution >= 0.6 is 0 Å². The van der Waals surface area contributed by atoms with Crippen molar-refractivity contribution in [3.05, 3.63) is 154 Å². The van der Waals surface area contributed by atoms with Gasteiger partial charge in [-0.3, -0.25) is 29.3 Å². The lowest BCUT2D eigenvalue weighted by Gasteiger charge is -2.36. The molecule has 0 bridgehead atoms. The highest BCUT2D eigenvalue weighted by molar-refractivity contribution is 6.40. The smallest absolute Gasteiger partial charge is 0.318 e. The fourth-order valence-corrected chi connectivity index (χ4v) is 6.47. The van der Waals surface area contributed by atoms with Crippen LogP contribution in [0.25, 0.3) is 10.8 Å². The third-order valence-corrected chi connectivity index (χ3v) is 9.23. The van der Waals surface area contributed by atoms with E-state index in [4.69, 9.17) is 9.47 Å². The Morgan fingerprint density at radius 2 is 1.44 bits per heavy atom. The van der Waals surface area contributed by atoms with Crippen LogP contribution in [0.15, 0.2) is 121 Å². The Labute approximate surface area is 319 Å². The van der Waals surface area contributed by atoms with Crippen molar-refractivity contribution >= 4 is 40.1 Å². The maximum absolute atomic E-state index is 14.5. The lowest BCUT2D eigenvalue weighted by atomic mass is 9.84. The summed E-state index contributed by atoms with van der Waals surface area (Å²) in [4.78, 5) is 66.2. The van der Waals surface area contributed by atoms with Crippen molar-refractivity contribution in [3.8, 4) is 5.75 Å². The number of amides is 1. The van der Waals surface area contributed by atoms with E-state index in [1.807, 2.05) is 97.1 Å². The van der Waals surface area contributed by atoms with E-state index < -0.39 is 58.5 Å². The molecule has 0 aromatic heterocycles. The van der Waals surface area contributed by atoms with Crippen molar-refractivity contribution in [2.45, 2.75) is 71.2 Å². The fourth-order valence-electron chi connectivity index (χ4n) is 6.47. The number of hydrogen-bond acceptors (Lipinski definition) is 8. The average molecular weight is 745 g/mol. The SMILES string of the molecule is CC(C(Cc1cccc(COc2ccccc2)c1)c1ccc([N+](=O)[O-])cc1)N(Cc1ccc2ccccc2c1)C(=O)C(=O)C(CC(=O)O)C(=O)OC(C)(C)C. The number of para-hydroxylation sites is 1. The van der Waals surface area contributed by atoms with Crippen LogP contribution < -0.4 is 4.74 Å². The molecule has 0 aliphatic heterocycles. The molecule has 5 rings (SSSR count). The number of rotatable bonds is 16. The van der Waals surface area contributed by atoms with E-state index in [1.165, 1.54) is 17.0 Å². The molecule has 11 heteroatoms. The normalized spacial score (nSPS) is 12.9. The first-order valence-electron chi connectivity index (χ1n) is 18.0. The van der Waals surface area contributed by atoms with E-state index >= 15 is 0 Å². The van der Waals surface area contributed by atoms with E-state index in [9.17, 15) is 34.4 Å². The number of aliphatic carboxylic acids is 1. The zero-order valence-electron chi connectivity index (χ0n) is 31.2. The molecule has 0 heterocycles. The minimum absolute atomic E-state index is 0.0564. The fraction of sp³-hybridized carbons (Fsp3) is 0.273. The predicted molar refractivity (Wildman–Crippen MR) is 207 cm³/mol. The molecule has 0 fully saturated rings. The predicted octanol–water partition coefficient (Wildman–Crippen LogP) is 8.07. The number of hydrogen-bond donors (Lipinski definition) is 1. The van der Waals surface area contributed by atoms with Gasteiger partial charge in [0.05, 0.1) is 11.3 Å². The summed E-state index contributed by atoms with van der Waals surface area (Å²) in [5.74, 6) is -6.48. The van der Waals surface area contributed by atoms with E-state index in [0.29, 0.717) is 29.9 Å². The van der Waals surface area contributed by atoms with Gasteiger partial charge in [-0.2, -0.15) is 0 Å². The number of benzene rings is 5. The number of nitrogens with zero attached hydrogens (tertiary/aromatic N) is 2. The molecule has 0 saturated heterocycles. The van der Waals surface area contributed by atoms with E-state index in [1.54, 1.807) is 39.8 Å². The second-order valence-corrected chi connectivity index (χ2v) is 14.5. The molecular weight excluding hydrogens is 700 g/mol. The van der Waals surface area contributed by atoms with Crippen molar-refractivity contribution in [1.29, 1.82) is 0 Å². The number of nitro groups is 1. The number of ketones is 1. The lowest BCUT2D eigenvalue weighted by molar-refractivity contribution is -0.384. The van der Waals surface area contributed by atoms with Crippen molar-refractivity contribution in [2.75, 3.05) is 0 Å². The summed E-state index contributed by atoms with van der Waals surface area (Å²) >= 11 is 0. The van der Waals surface area contributed by atoms with Crippen LogP contribution in [0.2, 0.25) is 0 Å². The Morgan fingerprint density at radius 3 is 2.09 bits per heavy atom. The van der Waals surface area contributed by atoms with Crippen LogP contribution in [-0.2, 0) is 43.5 Å². The summed E-state index contributed by atoms with van der Waals surface area (Å²) in [5.41, 5.74) is 1.99. The molecule has 1 amide bonds. The summed E-state index contributed by atoms with van der Waals surface area (Å²) in [6, 6.07) is 35.8. The van der Waals surface area contributed by atoms with E-state index in [-0.39, 0.29) is 12.2 Å². The van der Waals surface area contributed by atoms with Gasteiger partial charge in [0, 0.05) is 30.6 Å². The minimum atomic E-state index is -1.88. The lowest BCUT2D eigenvalue weighted by Crippen LogP contribution is -2.48. The summed E-state index contributed by atoms with van der Waals surface area (Å²) < 4.78 is 11.4. The molecular formula is C44H44N2O9. The molecule has 0 saturated carbocycles. The summed E-state index contributed by atoms with van der Waals surface area (Å²) in [5, 5.41) is 23.2. The van der Waals surface area contributed by atoms with Gasteiger partial charge >= 0.3 is 11.9 Å². The number of nitro benzene ring substituents is 1. The van der Waals surface area contributed by atoms with Crippen molar-refractivity contribution in [1.82, 2.24) is 4.90 Å². The second kappa shape index (κ2) is 17.6. The van der Waals surface area contributed by atoms with Gasteiger partial charge in [-0.1, -0.05) is 91.0 Å². The molecule has 55 heavy (non-hydrogen) atoms. The highest BCUT2D eigenvalue weighted by Crippen LogP contribution is 2.32. The molecule has 0 aliphatic carbocycles. The Morgan fingerprint density at radius 1 is 0.782 bits per heavy atom. The molecule has 0 spiro atoms. The van der Waals surface area contributed by atoms with Gasteiger partial charge in [0.2, 0.25) is 5.78 Å². The Balaban J connectivity index is 1.55. The summed E-state index contributed by atoms with van der Waals surface area (Å²) in [6.45, 7) is 6.77. The van der Waals surface area contributed by atoms with Gasteiger partial charge in [-0.05, 0) is 85.3 Å². The van der Waals surface area contributed by atoms with Gasteiger partial charge in [-0.25, -0.2) is 0 Å². The van der Waals surface area contributed by atoms with Gasteiger partial charge in [0.1, 0.15) is 23.9 Å². The number of esters is 1. The maximum Gasteiger partial charge on any atom is 0.318 e. The first-order valence-corrected chi connectivity index (χ1v) is 18.0. The van der Waals surface area contributed by atoms with Crippen LogP contribution in [-0.4, -0.2) is 50.2 Å². The monoisotopic (exact) mass is 744 g/mol. The topological polar surface area (TPSA) is 153 Å². The first kappa shape index (κ1) is 39.8. The Kier molecular flexibility index (Phi) is 12.8. The van der Waals surface area contributed by atoms with Crippen LogP contribution in [0.3, 0.4) is 0 Å². The first-order chi connectivity index (χ1) is 26.2. The van der Waals surface area contributed by atoms with Gasteiger partial charge in [0.25, 0.3) is 11.6 Å². The van der Waals surface area contributed by atoms with Crippen LogP contribution in [0.1, 0.15) is 62.3 Å². The number of Topliss-reactive ketones (excluding diaryl/α,β-unsaturated/α-hetero) is 1. The third-order valence-electron chi connectivity index (χ3n) is 9.23. The summed E-state index contributed by atoms with van der Waals surface area (Å²) in [6.07, 6.45) is -0.584. The number of non-ortho nitro benzene ring substituents is 1. The minimum Gasteiger partial charge on any atom is -0.489 e. The standard InChI is InChI=1S/C44H44N2O9/c1-29(38(34-19-21-36(22-20-34)46(52)53)25-30-11-10-12-32(23-30)28-54-37-15-6-5-7-16-37)45(27-31-17-18-33-13-8-9-14-35(33)24-31)42(50)41(49)39(26-40(47)48)43(51)55-44(2,3)4/h5-24,29,38-39H,25-28H2,1-4H3,(H,47,48). The average Bonchev–Trinajstić information content (AvgIpc) is 3.16.